The Morgan fingerprint density at radius 2 is 1.90 bits per heavy atom. The molecule has 1 aliphatic rings. The molecule has 1 heterocycles. The summed E-state index contributed by atoms with van der Waals surface area (Å²) in [5.41, 5.74) is 1.21. The standard InChI is InChI=1S/C16H23N3O2/c1-11(2)14(13-7-5-4-6-8-13)18-12(3)15(20)19-10-9-17-16(19)21/h4-8,11-12,14,18H,9-10H2,1-3H3,(H,17,21)/p+1/t12-,14-/m0/s1. The predicted octanol–water partition coefficient (Wildman–Crippen LogP) is 0.887. The first kappa shape index (κ1) is 15.5. The second-order valence-electron chi connectivity index (χ2n) is 5.88. The summed E-state index contributed by atoms with van der Waals surface area (Å²) in [6.07, 6.45) is 0. The largest absolute Gasteiger partial charge is 0.336 e. The molecule has 1 saturated heterocycles. The number of rotatable bonds is 5. The van der Waals surface area contributed by atoms with Gasteiger partial charge >= 0.3 is 6.03 Å². The Bertz CT molecular complexity index is 502. The van der Waals surface area contributed by atoms with E-state index in [0.29, 0.717) is 19.0 Å². The maximum absolute atomic E-state index is 12.4. The molecule has 1 fully saturated rings. The number of nitrogens with two attached hydrogens (primary N) is 1. The SMILES string of the molecule is CC(C)[C@H]([NH2+][C@@H](C)C(=O)N1CCNC1=O)c1ccccc1. The fourth-order valence-corrected chi connectivity index (χ4v) is 2.71. The van der Waals surface area contributed by atoms with Crippen LogP contribution in [0.3, 0.4) is 0 Å². The molecule has 114 valence electrons. The van der Waals surface area contributed by atoms with E-state index in [1.165, 1.54) is 10.5 Å². The van der Waals surface area contributed by atoms with Crippen LogP contribution in [0.1, 0.15) is 32.4 Å². The van der Waals surface area contributed by atoms with Crippen LogP contribution in [0.2, 0.25) is 0 Å². The van der Waals surface area contributed by atoms with Gasteiger partial charge in [0, 0.05) is 24.6 Å². The number of hydrogen-bond acceptors (Lipinski definition) is 2. The first-order valence-corrected chi connectivity index (χ1v) is 7.50. The van der Waals surface area contributed by atoms with Crippen LogP contribution in [0.25, 0.3) is 0 Å². The van der Waals surface area contributed by atoms with Gasteiger partial charge in [-0.1, -0.05) is 44.2 Å². The van der Waals surface area contributed by atoms with Gasteiger partial charge in [0.15, 0.2) is 6.04 Å². The van der Waals surface area contributed by atoms with Crippen molar-refractivity contribution in [2.24, 2.45) is 5.92 Å². The van der Waals surface area contributed by atoms with Crippen LogP contribution in [0.15, 0.2) is 30.3 Å². The summed E-state index contributed by atoms with van der Waals surface area (Å²) < 4.78 is 0. The molecule has 0 aliphatic carbocycles. The second kappa shape index (κ2) is 6.72. The van der Waals surface area contributed by atoms with Crippen molar-refractivity contribution >= 4 is 11.9 Å². The molecule has 3 amide bonds. The third-order valence-electron chi connectivity index (χ3n) is 3.91. The molecule has 2 atom stereocenters. The van der Waals surface area contributed by atoms with E-state index in [9.17, 15) is 9.59 Å². The molecule has 2 rings (SSSR count). The average Bonchev–Trinajstić information content (AvgIpc) is 2.90. The highest BCUT2D eigenvalue weighted by molar-refractivity contribution is 5.97. The van der Waals surface area contributed by atoms with Gasteiger partial charge in [-0.3, -0.25) is 9.69 Å². The summed E-state index contributed by atoms with van der Waals surface area (Å²) in [6, 6.07) is 9.84. The molecule has 21 heavy (non-hydrogen) atoms. The van der Waals surface area contributed by atoms with Gasteiger partial charge in [0.2, 0.25) is 0 Å². The predicted molar refractivity (Wildman–Crippen MR) is 80.5 cm³/mol. The van der Waals surface area contributed by atoms with Gasteiger partial charge in [-0.05, 0) is 6.92 Å². The zero-order valence-electron chi connectivity index (χ0n) is 12.9. The van der Waals surface area contributed by atoms with Crippen LogP contribution in [-0.2, 0) is 4.79 Å². The number of nitrogens with one attached hydrogen (secondary N) is 1. The lowest BCUT2D eigenvalue weighted by molar-refractivity contribution is -0.719. The molecular formula is C16H24N3O2+. The van der Waals surface area contributed by atoms with Crippen LogP contribution < -0.4 is 10.6 Å². The maximum Gasteiger partial charge on any atom is 0.324 e. The van der Waals surface area contributed by atoms with Crippen molar-refractivity contribution in [3.05, 3.63) is 35.9 Å². The molecule has 0 bridgehead atoms. The second-order valence-corrected chi connectivity index (χ2v) is 5.88. The first-order valence-electron chi connectivity index (χ1n) is 7.50. The molecule has 0 spiro atoms. The maximum atomic E-state index is 12.4. The van der Waals surface area contributed by atoms with Crippen molar-refractivity contribution in [2.75, 3.05) is 13.1 Å². The Labute approximate surface area is 125 Å². The number of carbonyl (C=O) groups excluding carboxylic acids is 2. The zero-order chi connectivity index (χ0) is 15.4. The fourth-order valence-electron chi connectivity index (χ4n) is 2.71. The van der Waals surface area contributed by atoms with Gasteiger partial charge < -0.3 is 10.6 Å². The van der Waals surface area contributed by atoms with E-state index in [0.717, 1.165) is 0 Å². The summed E-state index contributed by atoms with van der Waals surface area (Å²) in [4.78, 5) is 25.3. The monoisotopic (exact) mass is 290 g/mol. The number of amides is 3. The van der Waals surface area contributed by atoms with E-state index in [2.05, 4.69) is 36.6 Å². The van der Waals surface area contributed by atoms with Crippen LogP contribution in [0.4, 0.5) is 4.79 Å². The number of quaternary nitrogens is 1. The number of imide groups is 1. The highest BCUT2D eigenvalue weighted by Crippen LogP contribution is 2.17. The summed E-state index contributed by atoms with van der Waals surface area (Å²) in [6.45, 7) is 7.17. The molecule has 5 nitrogen and oxygen atoms in total. The molecule has 1 aromatic carbocycles. The first-order chi connectivity index (χ1) is 10.0. The van der Waals surface area contributed by atoms with E-state index in [1.807, 2.05) is 25.1 Å². The molecule has 3 N–H and O–H groups in total. The van der Waals surface area contributed by atoms with Gasteiger partial charge in [-0.2, -0.15) is 0 Å². The van der Waals surface area contributed by atoms with Crippen LogP contribution in [0, 0.1) is 5.92 Å². The third-order valence-corrected chi connectivity index (χ3v) is 3.91. The number of hydrogen-bond donors (Lipinski definition) is 2. The van der Waals surface area contributed by atoms with Crippen molar-refractivity contribution in [1.29, 1.82) is 0 Å². The Morgan fingerprint density at radius 3 is 2.43 bits per heavy atom. The van der Waals surface area contributed by atoms with E-state index < -0.39 is 0 Å². The van der Waals surface area contributed by atoms with Crippen molar-refractivity contribution in [1.82, 2.24) is 10.2 Å². The minimum atomic E-state index is -0.277. The number of nitrogens with zero attached hydrogens (tertiary/aromatic N) is 1. The van der Waals surface area contributed by atoms with Gasteiger partial charge in [0.05, 0.1) is 0 Å². The molecule has 0 saturated carbocycles. The molecule has 1 aliphatic heterocycles. The molecule has 0 radical (unpaired) electrons. The normalized spacial score (nSPS) is 17.7. The van der Waals surface area contributed by atoms with Crippen LogP contribution in [0.5, 0.6) is 0 Å². The molecular weight excluding hydrogens is 266 g/mol. The lowest BCUT2D eigenvalue weighted by atomic mass is 9.95. The molecule has 0 unspecified atom stereocenters. The minimum absolute atomic E-state index is 0.119. The quantitative estimate of drug-likeness (QED) is 0.845. The highest BCUT2D eigenvalue weighted by Gasteiger charge is 2.33. The molecule has 1 aromatic rings. The number of benzene rings is 1. The zero-order valence-corrected chi connectivity index (χ0v) is 12.9. The van der Waals surface area contributed by atoms with Gasteiger partial charge in [0.1, 0.15) is 6.04 Å². The van der Waals surface area contributed by atoms with Crippen LogP contribution in [-0.4, -0.2) is 36.0 Å². The average molecular weight is 290 g/mol. The third kappa shape index (κ3) is 3.61. The van der Waals surface area contributed by atoms with Crippen molar-refractivity contribution in [2.45, 2.75) is 32.9 Å². The topological polar surface area (TPSA) is 66.0 Å². The fraction of sp³-hybridized carbons (Fsp3) is 0.500. The lowest BCUT2D eigenvalue weighted by Crippen LogP contribution is -2.93. The van der Waals surface area contributed by atoms with E-state index >= 15 is 0 Å². The number of carbonyl (C=O) groups is 2. The summed E-state index contributed by atoms with van der Waals surface area (Å²) in [5, 5.41) is 4.73. The van der Waals surface area contributed by atoms with E-state index in [1.54, 1.807) is 0 Å². The Balaban J connectivity index is 2.06. The Hall–Kier alpha value is -1.88. The summed E-state index contributed by atoms with van der Waals surface area (Å²) in [7, 11) is 0. The minimum Gasteiger partial charge on any atom is -0.336 e. The van der Waals surface area contributed by atoms with E-state index in [4.69, 9.17) is 0 Å². The van der Waals surface area contributed by atoms with Crippen LogP contribution >= 0.6 is 0 Å². The molecule has 0 aromatic heterocycles. The number of urea groups is 1. The summed E-state index contributed by atoms with van der Waals surface area (Å²) >= 11 is 0. The lowest BCUT2D eigenvalue weighted by Gasteiger charge is -2.24. The smallest absolute Gasteiger partial charge is 0.324 e. The van der Waals surface area contributed by atoms with Gasteiger partial charge in [-0.25, -0.2) is 4.79 Å². The van der Waals surface area contributed by atoms with Gasteiger partial charge in [-0.15, -0.1) is 0 Å². The Morgan fingerprint density at radius 1 is 1.24 bits per heavy atom. The Kier molecular flexibility index (Phi) is 4.96. The molecule has 5 heteroatoms. The summed E-state index contributed by atoms with van der Waals surface area (Å²) in [5.74, 6) is 0.279. The van der Waals surface area contributed by atoms with Crippen molar-refractivity contribution in [3.8, 4) is 0 Å². The van der Waals surface area contributed by atoms with Gasteiger partial charge in [0.25, 0.3) is 5.91 Å². The van der Waals surface area contributed by atoms with Crippen molar-refractivity contribution < 1.29 is 14.9 Å². The van der Waals surface area contributed by atoms with E-state index in [-0.39, 0.29) is 24.0 Å². The highest BCUT2D eigenvalue weighted by atomic mass is 16.2. The van der Waals surface area contributed by atoms with Crippen molar-refractivity contribution in [3.63, 3.8) is 0 Å².